The third-order valence-corrected chi connectivity index (χ3v) is 3.03. The van der Waals surface area contributed by atoms with E-state index < -0.39 is 0 Å². The lowest BCUT2D eigenvalue weighted by Gasteiger charge is -2.13. The lowest BCUT2D eigenvalue weighted by Crippen LogP contribution is -2.10. The van der Waals surface area contributed by atoms with Gasteiger partial charge in [-0.3, -0.25) is 0 Å². The van der Waals surface area contributed by atoms with Gasteiger partial charge in [-0.15, -0.1) is 0 Å². The van der Waals surface area contributed by atoms with E-state index in [-0.39, 0.29) is 11.9 Å². The summed E-state index contributed by atoms with van der Waals surface area (Å²) in [6, 6.07) is 2.61. The summed E-state index contributed by atoms with van der Waals surface area (Å²) >= 11 is 9.03. The van der Waals surface area contributed by atoms with Crippen LogP contribution in [0, 0.1) is 5.82 Å². The Morgan fingerprint density at radius 1 is 1.62 bits per heavy atom. The largest absolute Gasteiger partial charge is 0.324 e. The molecule has 0 aliphatic rings. The first kappa shape index (κ1) is 11.0. The summed E-state index contributed by atoms with van der Waals surface area (Å²) in [4.78, 5) is 0. The Labute approximate surface area is 90.2 Å². The third kappa shape index (κ3) is 2.22. The molecule has 72 valence electrons. The van der Waals surface area contributed by atoms with Crippen molar-refractivity contribution in [1.29, 1.82) is 0 Å². The molecule has 0 aliphatic heterocycles. The summed E-state index contributed by atoms with van der Waals surface area (Å²) in [5, 5.41) is 0.502. The fraction of sp³-hybridized carbons (Fsp3) is 0.333. The molecule has 13 heavy (non-hydrogen) atoms. The first-order chi connectivity index (χ1) is 6.07. The van der Waals surface area contributed by atoms with Crippen LogP contribution in [0.4, 0.5) is 4.39 Å². The summed E-state index contributed by atoms with van der Waals surface area (Å²) in [5.74, 6) is -0.330. The Morgan fingerprint density at radius 3 is 2.77 bits per heavy atom. The van der Waals surface area contributed by atoms with Gasteiger partial charge in [-0.25, -0.2) is 4.39 Å². The second-order valence-electron chi connectivity index (χ2n) is 2.77. The summed E-state index contributed by atoms with van der Waals surface area (Å²) < 4.78 is 13.5. The number of hydrogen-bond donors (Lipinski definition) is 1. The van der Waals surface area contributed by atoms with E-state index in [1.165, 1.54) is 12.1 Å². The lowest BCUT2D eigenvalue weighted by atomic mass is 10.1. The second kappa shape index (κ2) is 4.40. The van der Waals surface area contributed by atoms with Crippen LogP contribution in [0.1, 0.15) is 24.9 Å². The molecular weight excluding hydrogens is 256 g/mol. The van der Waals surface area contributed by atoms with E-state index in [9.17, 15) is 4.39 Å². The van der Waals surface area contributed by atoms with Gasteiger partial charge in [0.25, 0.3) is 0 Å². The molecule has 0 amide bonds. The van der Waals surface area contributed by atoms with E-state index in [2.05, 4.69) is 15.9 Å². The molecule has 1 aromatic rings. The van der Waals surface area contributed by atoms with Crippen LogP contribution in [0.15, 0.2) is 16.6 Å². The fourth-order valence-electron chi connectivity index (χ4n) is 1.09. The van der Waals surface area contributed by atoms with Crippen molar-refractivity contribution in [1.82, 2.24) is 0 Å². The van der Waals surface area contributed by atoms with Crippen molar-refractivity contribution in [2.24, 2.45) is 5.73 Å². The summed E-state index contributed by atoms with van der Waals surface area (Å²) in [5.41, 5.74) is 6.43. The molecule has 0 saturated carbocycles. The van der Waals surface area contributed by atoms with Crippen LogP contribution in [-0.4, -0.2) is 0 Å². The highest BCUT2D eigenvalue weighted by Gasteiger charge is 2.15. The van der Waals surface area contributed by atoms with E-state index in [1.807, 2.05) is 6.92 Å². The van der Waals surface area contributed by atoms with Gasteiger partial charge in [-0.1, -0.05) is 18.5 Å². The number of benzene rings is 1. The summed E-state index contributed by atoms with van der Waals surface area (Å²) in [6.07, 6.45) is 0.724. The monoisotopic (exact) mass is 265 g/mol. The minimum absolute atomic E-state index is 0.224. The first-order valence-corrected chi connectivity index (χ1v) is 5.14. The van der Waals surface area contributed by atoms with Crippen LogP contribution in [0.3, 0.4) is 0 Å². The average Bonchev–Trinajstić information content (AvgIpc) is 2.12. The van der Waals surface area contributed by atoms with Crippen LogP contribution in [0.5, 0.6) is 0 Å². The standard InChI is InChI=1S/C9H10BrClFN/c1-2-7(13)8-5(11)3-4-6(12)9(8)10/h3-4,7H,2,13H2,1H3/t7-/m0/s1. The topological polar surface area (TPSA) is 26.0 Å². The molecule has 1 aromatic carbocycles. The zero-order valence-corrected chi connectivity index (χ0v) is 9.49. The van der Waals surface area contributed by atoms with Gasteiger partial charge in [-0.2, -0.15) is 0 Å². The minimum atomic E-state index is -0.330. The molecule has 0 fully saturated rings. The molecule has 0 heterocycles. The Hall–Kier alpha value is -0.120. The first-order valence-electron chi connectivity index (χ1n) is 3.96. The molecule has 0 radical (unpaired) electrons. The molecule has 0 aliphatic carbocycles. The summed E-state index contributed by atoms with van der Waals surface area (Å²) in [7, 11) is 0. The lowest BCUT2D eigenvalue weighted by molar-refractivity contribution is 0.608. The SMILES string of the molecule is CC[C@H](N)c1c(Cl)ccc(F)c1Br. The Balaban J connectivity index is 3.25. The van der Waals surface area contributed by atoms with E-state index in [4.69, 9.17) is 17.3 Å². The van der Waals surface area contributed by atoms with Crippen molar-refractivity contribution in [3.8, 4) is 0 Å². The van der Waals surface area contributed by atoms with Gasteiger partial charge in [0, 0.05) is 16.6 Å². The minimum Gasteiger partial charge on any atom is -0.324 e. The smallest absolute Gasteiger partial charge is 0.137 e. The maximum absolute atomic E-state index is 13.1. The normalized spacial score (nSPS) is 13.0. The number of nitrogens with two attached hydrogens (primary N) is 1. The van der Waals surface area contributed by atoms with Gasteiger partial charge in [0.15, 0.2) is 0 Å². The van der Waals surface area contributed by atoms with Gasteiger partial charge in [0.1, 0.15) is 5.82 Å². The Bertz CT molecular complexity index is 317. The predicted octanol–water partition coefficient (Wildman–Crippen LogP) is 3.65. The molecule has 1 nitrogen and oxygen atoms in total. The van der Waals surface area contributed by atoms with Crippen molar-refractivity contribution < 1.29 is 4.39 Å². The Kier molecular flexibility index (Phi) is 3.71. The van der Waals surface area contributed by atoms with Crippen molar-refractivity contribution >= 4 is 27.5 Å². The molecular formula is C9H10BrClFN. The van der Waals surface area contributed by atoms with Gasteiger partial charge >= 0.3 is 0 Å². The number of hydrogen-bond acceptors (Lipinski definition) is 1. The highest BCUT2D eigenvalue weighted by Crippen LogP contribution is 2.32. The van der Waals surface area contributed by atoms with Crippen LogP contribution >= 0.6 is 27.5 Å². The third-order valence-electron chi connectivity index (χ3n) is 1.89. The second-order valence-corrected chi connectivity index (χ2v) is 3.97. The fourth-order valence-corrected chi connectivity index (χ4v) is 2.14. The van der Waals surface area contributed by atoms with Gasteiger partial charge < -0.3 is 5.73 Å². The molecule has 0 saturated heterocycles. The van der Waals surface area contributed by atoms with Crippen molar-refractivity contribution in [2.45, 2.75) is 19.4 Å². The van der Waals surface area contributed by atoms with E-state index in [1.54, 1.807) is 0 Å². The highest BCUT2D eigenvalue weighted by atomic mass is 79.9. The Morgan fingerprint density at radius 2 is 2.23 bits per heavy atom. The summed E-state index contributed by atoms with van der Waals surface area (Å²) in [6.45, 7) is 1.93. The van der Waals surface area contributed by atoms with Crippen LogP contribution in [0.2, 0.25) is 5.02 Å². The average molecular weight is 267 g/mol. The van der Waals surface area contributed by atoms with E-state index >= 15 is 0 Å². The maximum atomic E-state index is 13.1. The maximum Gasteiger partial charge on any atom is 0.137 e. The molecule has 0 unspecified atom stereocenters. The highest BCUT2D eigenvalue weighted by molar-refractivity contribution is 9.10. The molecule has 0 bridgehead atoms. The molecule has 2 N–H and O–H groups in total. The molecule has 0 spiro atoms. The molecule has 1 atom stereocenters. The van der Waals surface area contributed by atoms with Crippen LogP contribution in [-0.2, 0) is 0 Å². The van der Waals surface area contributed by atoms with Crippen molar-refractivity contribution in [3.05, 3.63) is 33.0 Å². The number of rotatable bonds is 2. The molecule has 4 heteroatoms. The van der Waals surface area contributed by atoms with Crippen LogP contribution in [0.25, 0.3) is 0 Å². The predicted molar refractivity (Wildman–Crippen MR) is 56.3 cm³/mol. The zero-order chi connectivity index (χ0) is 10.0. The molecule has 1 rings (SSSR count). The van der Waals surface area contributed by atoms with Gasteiger partial charge in [-0.05, 0) is 34.5 Å². The van der Waals surface area contributed by atoms with E-state index in [0.717, 1.165) is 6.42 Å². The molecule has 0 aromatic heterocycles. The quantitative estimate of drug-likeness (QED) is 0.813. The van der Waals surface area contributed by atoms with Gasteiger partial charge in [0.05, 0.1) is 4.47 Å². The van der Waals surface area contributed by atoms with E-state index in [0.29, 0.717) is 15.1 Å². The van der Waals surface area contributed by atoms with Crippen LogP contribution < -0.4 is 5.73 Å². The van der Waals surface area contributed by atoms with Crippen molar-refractivity contribution in [3.63, 3.8) is 0 Å². The number of halogens is 3. The van der Waals surface area contributed by atoms with Crippen molar-refractivity contribution in [2.75, 3.05) is 0 Å². The van der Waals surface area contributed by atoms with Gasteiger partial charge in [0.2, 0.25) is 0 Å². The zero-order valence-electron chi connectivity index (χ0n) is 7.15.